The highest BCUT2D eigenvalue weighted by Crippen LogP contribution is 2.15. The second kappa shape index (κ2) is 29.6. The maximum absolute atomic E-state index is 12.3. The van der Waals surface area contributed by atoms with E-state index >= 15 is 0 Å². The SMILES string of the molecule is CCCCCCCCCCCCCCC(O)CS(=O)CC(O)CCCCCCCCCCCCCC. The van der Waals surface area contributed by atoms with Crippen LogP contribution in [0.5, 0.6) is 0 Å². The van der Waals surface area contributed by atoms with Crippen molar-refractivity contribution >= 4 is 10.8 Å². The molecule has 0 rings (SSSR count). The van der Waals surface area contributed by atoms with E-state index in [-0.39, 0.29) is 0 Å². The number of aliphatic hydroxyl groups is 2. The molecule has 0 aromatic heterocycles. The Hall–Kier alpha value is 0.0700. The summed E-state index contributed by atoms with van der Waals surface area (Å²) in [5, 5.41) is 20.4. The standard InChI is InChI=1S/C32H66O3S/c1-3-5-7-9-11-13-15-17-19-21-23-25-27-31(33)29-36(35)30-32(34)28-26-24-22-20-18-16-14-12-10-8-6-4-2/h31-34H,3-30H2,1-2H3. The van der Waals surface area contributed by atoms with Gasteiger partial charge in [0.1, 0.15) is 0 Å². The quantitative estimate of drug-likeness (QED) is 0.0909. The molecule has 36 heavy (non-hydrogen) atoms. The van der Waals surface area contributed by atoms with Crippen molar-refractivity contribution in [3.05, 3.63) is 0 Å². The van der Waals surface area contributed by atoms with Crippen molar-refractivity contribution in [1.82, 2.24) is 0 Å². The fraction of sp³-hybridized carbons (Fsp3) is 1.00. The second-order valence-corrected chi connectivity index (χ2v) is 13.0. The first-order valence-corrected chi connectivity index (χ1v) is 17.8. The Balaban J connectivity index is 3.42. The Kier molecular flexibility index (Phi) is 29.7. The van der Waals surface area contributed by atoms with Gasteiger partial charge in [-0.05, 0) is 12.8 Å². The van der Waals surface area contributed by atoms with E-state index in [0.717, 1.165) is 25.7 Å². The average Bonchev–Trinajstić information content (AvgIpc) is 2.85. The van der Waals surface area contributed by atoms with E-state index in [4.69, 9.17) is 0 Å². The van der Waals surface area contributed by atoms with Crippen LogP contribution in [0.3, 0.4) is 0 Å². The highest BCUT2D eigenvalue weighted by Gasteiger charge is 2.14. The van der Waals surface area contributed by atoms with Gasteiger partial charge in [-0.2, -0.15) is 0 Å². The Bertz CT molecular complexity index is 405. The summed E-state index contributed by atoms with van der Waals surface area (Å²) in [7, 11) is -1.11. The first-order chi connectivity index (χ1) is 17.6. The van der Waals surface area contributed by atoms with E-state index < -0.39 is 23.0 Å². The van der Waals surface area contributed by atoms with Gasteiger partial charge in [-0.3, -0.25) is 4.21 Å². The molecular formula is C32H66O3S. The molecule has 0 aliphatic rings. The van der Waals surface area contributed by atoms with Crippen LogP contribution in [0.1, 0.15) is 181 Å². The molecule has 3 nitrogen and oxygen atoms in total. The molecule has 0 spiro atoms. The van der Waals surface area contributed by atoms with Crippen LogP contribution < -0.4 is 0 Å². The van der Waals surface area contributed by atoms with Crippen LogP contribution in [0.15, 0.2) is 0 Å². The lowest BCUT2D eigenvalue weighted by Gasteiger charge is -2.13. The zero-order chi connectivity index (χ0) is 26.5. The van der Waals surface area contributed by atoms with E-state index in [9.17, 15) is 14.4 Å². The number of unbranched alkanes of at least 4 members (excludes halogenated alkanes) is 22. The normalized spacial score (nSPS) is 14.2. The molecule has 0 amide bonds. The van der Waals surface area contributed by atoms with Gasteiger partial charge >= 0.3 is 0 Å². The van der Waals surface area contributed by atoms with Gasteiger partial charge in [0.25, 0.3) is 0 Å². The van der Waals surface area contributed by atoms with Gasteiger partial charge in [0.05, 0.1) is 12.2 Å². The van der Waals surface area contributed by atoms with Crippen LogP contribution in [-0.2, 0) is 10.8 Å². The van der Waals surface area contributed by atoms with Crippen molar-refractivity contribution in [2.24, 2.45) is 0 Å². The third kappa shape index (κ3) is 28.6. The molecule has 4 heteroatoms. The highest BCUT2D eigenvalue weighted by atomic mass is 32.2. The predicted molar refractivity (Wildman–Crippen MR) is 161 cm³/mol. The lowest BCUT2D eigenvalue weighted by molar-refractivity contribution is 0.177. The minimum Gasteiger partial charge on any atom is -0.392 e. The predicted octanol–water partition coefficient (Wildman–Crippen LogP) is 9.64. The molecule has 0 bridgehead atoms. The summed E-state index contributed by atoms with van der Waals surface area (Å²) in [5.74, 6) is 0.654. The van der Waals surface area contributed by atoms with Crippen LogP contribution in [0.2, 0.25) is 0 Å². The minimum absolute atomic E-state index is 0.327. The molecule has 0 aliphatic carbocycles. The molecule has 218 valence electrons. The van der Waals surface area contributed by atoms with Crippen molar-refractivity contribution in [3.8, 4) is 0 Å². The van der Waals surface area contributed by atoms with Gasteiger partial charge in [0, 0.05) is 22.3 Å². The van der Waals surface area contributed by atoms with Crippen LogP contribution >= 0.6 is 0 Å². The molecule has 0 aromatic carbocycles. The molecule has 2 unspecified atom stereocenters. The summed E-state index contributed by atoms with van der Waals surface area (Å²) in [6.07, 6.45) is 32.1. The summed E-state index contributed by atoms with van der Waals surface area (Å²) in [6.45, 7) is 4.54. The van der Waals surface area contributed by atoms with Crippen LogP contribution in [-0.4, -0.2) is 38.1 Å². The van der Waals surface area contributed by atoms with E-state index in [1.54, 1.807) is 0 Å². The number of rotatable bonds is 30. The summed E-state index contributed by atoms with van der Waals surface area (Å²) in [6, 6.07) is 0. The summed E-state index contributed by atoms with van der Waals surface area (Å²) in [5.41, 5.74) is 0. The van der Waals surface area contributed by atoms with E-state index in [1.807, 2.05) is 0 Å². The first kappa shape index (κ1) is 36.1. The molecule has 0 aliphatic heterocycles. The Labute approximate surface area is 229 Å². The maximum Gasteiger partial charge on any atom is 0.0655 e. The van der Waals surface area contributed by atoms with E-state index in [2.05, 4.69) is 13.8 Å². The third-order valence-electron chi connectivity index (χ3n) is 7.54. The maximum atomic E-state index is 12.3. The van der Waals surface area contributed by atoms with Gasteiger partial charge in [0.15, 0.2) is 0 Å². The van der Waals surface area contributed by atoms with Gasteiger partial charge in [0.2, 0.25) is 0 Å². The van der Waals surface area contributed by atoms with Crippen LogP contribution in [0.25, 0.3) is 0 Å². The first-order valence-electron chi connectivity index (χ1n) is 16.3. The van der Waals surface area contributed by atoms with Crippen molar-refractivity contribution in [2.75, 3.05) is 11.5 Å². The largest absolute Gasteiger partial charge is 0.392 e. The van der Waals surface area contributed by atoms with E-state index in [0.29, 0.717) is 11.5 Å². The Morgan fingerprint density at radius 2 is 0.639 bits per heavy atom. The molecule has 0 heterocycles. The average molecular weight is 531 g/mol. The van der Waals surface area contributed by atoms with Crippen LogP contribution in [0.4, 0.5) is 0 Å². The zero-order valence-electron chi connectivity index (χ0n) is 24.7. The zero-order valence-corrected chi connectivity index (χ0v) is 25.5. The molecule has 2 N–H and O–H groups in total. The molecular weight excluding hydrogens is 464 g/mol. The van der Waals surface area contributed by atoms with Gasteiger partial charge in [-0.15, -0.1) is 0 Å². The molecule has 0 saturated carbocycles. The Morgan fingerprint density at radius 1 is 0.417 bits per heavy atom. The fourth-order valence-corrected chi connectivity index (χ4v) is 6.43. The molecule has 0 aromatic rings. The van der Waals surface area contributed by atoms with Crippen molar-refractivity contribution in [2.45, 2.75) is 193 Å². The van der Waals surface area contributed by atoms with Crippen LogP contribution in [0, 0.1) is 0 Å². The topological polar surface area (TPSA) is 57.5 Å². The fourth-order valence-electron chi connectivity index (χ4n) is 5.11. The molecule has 0 fully saturated rings. The number of aliphatic hydroxyl groups excluding tert-OH is 2. The summed E-state index contributed by atoms with van der Waals surface area (Å²) < 4.78 is 12.3. The monoisotopic (exact) mass is 530 g/mol. The highest BCUT2D eigenvalue weighted by molar-refractivity contribution is 7.85. The van der Waals surface area contributed by atoms with Crippen molar-refractivity contribution < 1.29 is 14.4 Å². The molecule has 2 atom stereocenters. The van der Waals surface area contributed by atoms with E-state index in [1.165, 1.54) is 141 Å². The van der Waals surface area contributed by atoms with Crippen molar-refractivity contribution in [1.29, 1.82) is 0 Å². The minimum atomic E-state index is -1.11. The van der Waals surface area contributed by atoms with Crippen molar-refractivity contribution in [3.63, 3.8) is 0 Å². The summed E-state index contributed by atoms with van der Waals surface area (Å²) >= 11 is 0. The summed E-state index contributed by atoms with van der Waals surface area (Å²) in [4.78, 5) is 0. The number of hydrogen-bond acceptors (Lipinski definition) is 3. The molecule has 0 radical (unpaired) electrons. The lowest BCUT2D eigenvalue weighted by Crippen LogP contribution is -2.24. The van der Waals surface area contributed by atoms with Gasteiger partial charge in [-0.1, -0.05) is 168 Å². The lowest BCUT2D eigenvalue weighted by atomic mass is 10.0. The smallest absolute Gasteiger partial charge is 0.0655 e. The molecule has 0 saturated heterocycles. The number of hydrogen-bond donors (Lipinski definition) is 2. The Morgan fingerprint density at radius 3 is 0.889 bits per heavy atom. The second-order valence-electron chi connectivity index (χ2n) is 11.4. The van der Waals surface area contributed by atoms with Gasteiger partial charge < -0.3 is 10.2 Å². The van der Waals surface area contributed by atoms with Gasteiger partial charge in [-0.25, -0.2) is 0 Å². The third-order valence-corrected chi connectivity index (χ3v) is 9.05.